The highest BCUT2D eigenvalue weighted by molar-refractivity contribution is 6.48. The number of rotatable bonds is 5. The van der Waals surface area contributed by atoms with Crippen LogP contribution >= 0.6 is 0 Å². The maximum Gasteiger partial charge on any atom is 0.465 e. The lowest BCUT2D eigenvalue weighted by molar-refractivity contribution is -0.159. The first-order chi connectivity index (χ1) is 9.36. The summed E-state index contributed by atoms with van der Waals surface area (Å²) in [4.78, 5) is 23.6. The second-order valence-corrected chi connectivity index (χ2v) is 5.49. The Kier molecular flexibility index (Phi) is 5.77. The molecule has 0 N–H and O–H groups in total. The smallest absolute Gasteiger partial charge is 0.465 e. The van der Waals surface area contributed by atoms with Crippen molar-refractivity contribution in [3.05, 3.63) is 12.7 Å². The number of carbonyl (C=O) groups excluding carboxylic acids is 2. The van der Waals surface area contributed by atoms with Crippen LogP contribution in [0.15, 0.2) is 12.7 Å². The molecule has 0 aliphatic carbocycles. The number of esters is 2. The first-order valence-electron chi connectivity index (χ1n) is 6.37. The molecule has 112 valence electrons. The second kappa shape index (κ2) is 6.90. The van der Waals surface area contributed by atoms with Crippen molar-refractivity contribution in [3.63, 3.8) is 0 Å². The summed E-state index contributed by atoms with van der Waals surface area (Å²) in [6.07, 6.45) is 1.46. The van der Waals surface area contributed by atoms with Gasteiger partial charge in [0.05, 0.1) is 14.2 Å². The van der Waals surface area contributed by atoms with Crippen molar-refractivity contribution >= 4 is 19.1 Å². The molecule has 1 heterocycles. The fourth-order valence-electron chi connectivity index (χ4n) is 2.00. The molecular weight excluding hydrogens is 263 g/mol. The Morgan fingerprint density at radius 1 is 1.20 bits per heavy atom. The summed E-state index contributed by atoms with van der Waals surface area (Å²) >= 11 is 0. The molecule has 0 amide bonds. The number of hydrogen-bond donors (Lipinski definition) is 0. The Labute approximate surface area is 119 Å². The highest BCUT2D eigenvalue weighted by atomic mass is 16.6. The second-order valence-electron chi connectivity index (χ2n) is 5.49. The van der Waals surface area contributed by atoms with E-state index in [-0.39, 0.29) is 5.41 Å². The molecule has 1 aliphatic rings. The minimum absolute atomic E-state index is 0.103. The topological polar surface area (TPSA) is 71.1 Å². The molecule has 1 aliphatic heterocycles. The number of allylic oxidation sites excluding steroid dienone is 1. The predicted molar refractivity (Wildman–Crippen MR) is 72.9 cm³/mol. The molecular formula is C13H21BO6. The Morgan fingerprint density at radius 3 is 2.00 bits per heavy atom. The third-order valence-electron chi connectivity index (χ3n) is 3.16. The van der Waals surface area contributed by atoms with Crippen LogP contribution in [0.4, 0.5) is 0 Å². The Bertz CT molecular complexity index is 355. The first kappa shape index (κ1) is 16.7. The van der Waals surface area contributed by atoms with Crippen molar-refractivity contribution in [2.75, 3.05) is 27.4 Å². The molecule has 7 heteroatoms. The lowest BCUT2D eigenvalue weighted by Gasteiger charge is -2.36. The normalized spacial score (nSPS) is 19.4. The van der Waals surface area contributed by atoms with Gasteiger partial charge in [0, 0.05) is 24.4 Å². The molecule has 0 aromatic heterocycles. The molecule has 20 heavy (non-hydrogen) atoms. The third-order valence-corrected chi connectivity index (χ3v) is 3.16. The van der Waals surface area contributed by atoms with E-state index in [0.717, 1.165) is 0 Å². The van der Waals surface area contributed by atoms with Crippen molar-refractivity contribution in [1.29, 1.82) is 0 Å². The van der Waals surface area contributed by atoms with Gasteiger partial charge in [-0.25, -0.2) is 0 Å². The van der Waals surface area contributed by atoms with Gasteiger partial charge >= 0.3 is 19.1 Å². The summed E-state index contributed by atoms with van der Waals surface area (Å²) in [5.41, 5.74) is -0.103. The van der Waals surface area contributed by atoms with Crippen molar-refractivity contribution in [2.45, 2.75) is 19.7 Å². The lowest BCUT2D eigenvalue weighted by Crippen LogP contribution is -2.47. The Balaban J connectivity index is 2.88. The minimum Gasteiger partial charge on any atom is -0.468 e. The highest BCUT2D eigenvalue weighted by Gasteiger charge is 2.46. The number of ether oxygens (including phenoxy) is 2. The van der Waals surface area contributed by atoms with Crippen LogP contribution in [-0.4, -0.2) is 46.5 Å². The van der Waals surface area contributed by atoms with Gasteiger partial charge in [-0.2, -0.15) is 0 Å². The van der Waals surface area contributed by atoms with Gasteiger partial charge in [-0.3, -0.25) is 9.59 Å². The third kappa shape index (κ3) is 3.83. The summed E-state index contributed by atoms with van der Waals surface area (Å²) in [7, 11) is 1.71. The summed E-state index contributed by atoms with van der Waals surface area (Å²) in [6.45, 7) is 8.60. The number of carbonyl (C=O) groups is 2. The molecule has 6 nitrogen and oxygen atoms in total. The van der Waals surface area contributed by atoms with E-state index in [0.29, 0.717) is 13.2 Å². The Hall–Kier alpha value is -1.34. The van der Waals surface area contributed by atoms with Gasteiger partial charge in [0.2, 0.25) is 0 Å². The van der Waals surface area contributed by atoms with Gasteiger partial charge in [-0.1, -0.05) is 19.9 Å². The first-order valence-corrected chi connectivity index (χ1v) is 6.37. The van der Waals surface area contributed by atoms with Gasteiger partial charge in [0.25, 0.3) is 0 Å². The fraction of sp³-hybridized carbons (Fsp3) is 0.692. The highest BCUT2D eigenvalue weighted by Crippen LogP contribution is 2.32. The average molecular weight is 284 g/mol. The Morgan fingerprint density at radius 2 is 1.65 bits per heavy atom. The SMILES string of the molecule is C=CC(B1OCC(C)(C)CO1)C(C(=O)OC)C(=O)OC. The zero-order chi connectivity index (χ0) is 15.3. The molecule has 1 saturated heterocycles. The van der Waals surface area contributed by atoms with Crippen molar-refractivity contribution < 1.29 is 28.4 Å². The summed E-state index contributed by atoms with van der Waals surface area (Å²) in [6, 6.07) is 0. The molecule has 0 aromatic carbocycles. The van der Waals surface area contributed by atoms with Crippen LogP contribution in [0.3, 0.4) is 0 Å². The van der Waals surface area contributed by atoms with Crippen molar-refractivity contribution in [2.24, 2.45) is 11.3 Å². The molecule has 0 radical (unpaired) electrons. The van der Waals surface area contributed by atoms with Crippen LogP contribution in [0, 0.1) is 11.3 Å². The predicted octanol–water partition coefficient (Wildman–Crippen LogP) is 1.07. The minimum atomic E-state index is -1.14. The van der Waals surface area contributed by atoms with E-state index >= 15 is 0 Å². The van der Waals surface area contributed by atoms with Crippen LogP contribution < -0.4 is 0 Å². The van der Waals surface area contributed by atoms with E-state index in [1.165, 1.54) is 20.3 Å². The van der Waals surface area contributed by atoms with Crippen LogP contribution in [0.2, 0.25) is 5.82 Å². The van der Waals surface area contributed by atoms with Crippen molar-refractivity contribution in [1.82, 2.24) is 0 Å². The zero-order valence-electron chi connectivity index (χ0n) is 12.4. The van der Waals surface area contributed by atoms with Crippen LogP contribution in [-0.2, 0) is 28.4 Å². The van der Waals surface area contributed by atoms with E-state index in [1.807, 2.05) is 13.8 Å². The van der Waals surface area contributed by atoms with Crippen LogP contribution in [0.5, 0.6) is 0 Å². The molecule has 1 fully saturated rings. The fourth-order valence-corrected chi connectivity index (χ4v) is 2.00. The van der Waals surface area contributed by atoms with Crippen LogP contribution in [0.1, 0.15) is 13.8 Å². The molecule has 0 spiro atoms. The van der Waals surface area contributed by atoms with Gasteiger partial charge < -0.3 is 18.8 Å². The van der Waals surface area contributed by atoms with Crippen LogP contribution in [0.25, 0.3) is 0 Å². The van der Waals surface area contributed by atoms with E-state index in [1.54, 1.807) is 0 Å². The van der Waals surface area contributed by atoms with E-state index < -0.39 is 30.8 Å². The lowest BCUT2D eigenvalue weighted by atomic mass is 9.63. The maximum absolute atomic E-state index is 11.8. The largest absolute Gasteiger partial charge is 0.468 e. The van der Waals surface area contributed by atoms with Gasteiger partial charge in [0.15, 0.2) is 5.92 Å². The number of methoxy groups -OCH3 is 2. The summed E-state index contributed by atoms with van der Waals surface area (Å²) in [5.74, 6) is -3.20. The molecule has 1 unspecified atom stereocenters. The molecule has 0 aromatic rings. The van der Waals surface area contributed by atoms with E-state index in [9.17, 15) is 9.59 Å². The molecule has 0 bridgehead atoms. The summed E-state index contributed by atoms with van der Waals surface area (Å²) < 4.78 is 20.5. The van der Waals surface area contributed by atoms with E-state index in [4.69, 9.17) is 9.31 Å². The monoisotopic (exact) mass is 284 g/mol. The zero-order valence-corrected chi connectivity index (χ0v) is 12.4. The number of hydrogen-bond acceptors (Lipinski definition) is 6. The average Bonchev–Trinajstić information content (AvgIpc) is 2.43. The quantitative estimate of drug-likeness (QED) is 0.325. The van der Waals surface area contributed by atoms with E-state index in [2.05, 4.69) is 16.1 Å². The molecule has 0 saturated carbocycles. The standard InChI is InChI=1S/C13H21BO6/c1-6-9(10(11(15)17-4)12(16)18-5)14-19-7-13(2,3)8-20-14/h6,9-10H,1,7-8H2,2-5H3. The maximum atomic E-state index is 11.8. The molecule has 1 rings (SSSR count). The van der Waals surface area contributed by atoms with Gasteiger partial charge in [0.1, 0.15) is 0 Å². The van der Waals surface area contributed by atoms with Gasteiger partial charge in [-0.05, 0) is 0 Å². The van der Waals surface area contributed by atoms with Crippen molar-refractivity contribution in [3.8, 4) is 0 Å². The van der Waals surface area contributed by atoms with Gasteiger partial charge in [-0.15, -0.1) is 6.58 Å². The molecule has 1 atom stereocenters. The summed E-state index contributed by atoms with van der Waals surface area (Å²) in [5, 5.41) is 0.